The van der Waals surface area contributed by atoms with E-state index in [0.29, 0.717) is 11.7 Å². The van der Waals surface area contributed by atoms with Gasteiger partial charge in [0, 0.05) is 12.6 Å². The fourth-order valence-electron chi connectivity index (χ4n) is 1.45. The molecule has 1 unspecified atom stereocenters. The number of nitrogens with one attached hydrogen (secondary N) is 1. The number of carbonyl (C=O) groups excluding carboxylic acids is 1. The van der Waals surface area contributed by atoms with Gasteiger partial charge in [0.1, 0.15) is 5.75 Å². The summed E-state index contributed by atoms with van der Waals surface area (Å²) in [6.07, 6.45) is 0.955. The Kier molecular flexibility index (Phi) is 3.72. The van der Waals surface area contributed by atoms with Crippen molar-refractivity contribution in [3.63, 3.8) is 0 Å². The van der Waals surface area contributed by atoms with E-state index < -0.39 is 0 Å². The Bertz CT molecular complexity index is 361. The molecule has 0 aliphatic heterocycles. The largest absolute Gasteiger partial charge is 0.508 e. The van der Waals surface area contributed by atoms with Crippen LogP contribution in [0.1, 0.15) is 38.7 Å². The molecule has 3 nitrogen and oxygen atoms in total. The highest BCUT2D eigenvalue weighted by atomic mass is 16.3. The molecular formula is C12H17NO2. The Morgan fingerprint density at radius 1 is 1.53 bits per heavy atom. The van der Waals surface area contributed by atoms with Crippen LogP contribution in [-0.2, 0) is 4.79 Å². The van der Waals surface area contributed by atoms with Gasteiger partial charge in [-0.25, -0.2) is 0 Å². The molecule has 0 saturated carbocycles. The first-order chi connectivity index (χ1) is 7.04. The molecule has 0 heterocycles. The first-order valence-electron chi connectivity index (χ1n) is 5.15. The van der Waals surface area contributed by atoms with Gasteiger partial charge in [-0.1, -0.05) is 13.8 Å². The lowest BCUT2D eigenvalue weighted by Gasteiger charge is -2.13. The second-order valence-corrected chi connectivity index (χ2v) is 3.76. The van der Waals surface area contributed by atoms with E-state index in [1.54, 1.807) is 12.1 Å². The highest BCUT2D eigenvalue weighted by Crippen LogP contribution is 2.30. The summed E-state index contributed by atoms with van der Waals surface area (Å²) < 4.78 is 0. The summed E-state index contributed by atoms with van der Waals surface area (Å²) in [6.45, 7) is 5.58. The number of carbonyl (C=O) groups is 1. The van der Waals surface area contributed by atoms with Gasteiger partial charge >= 0.3 is 0 Å². The van der Waals surface area contributed by atoms with Gasteiger partial charge in [0.15, 0.2) is 0 Å². The van der Waals surface area contributed by atoms with Gasteiger partial charge in [-0.05, 0) is 36.1 Å². The molecule has 0 radical (unpaired) electrons. The Morgan fingerprint density at radius 3 is 2.73 bits per heavy atom. The van der Waals surface area contributed by atoms with Crippen LogP contribution >= 0.6 is 0 Å². The number of rotatable bonds is 3. The third-order valence-corrected chi connectivity index (χ3v) is 2.49. The molecule has 0 aromatic heterocycles. The van der Waals surface area contributed by atoms with Crippen LogP contribution in [0.4, 0.5) is 5.69 Å². The van der Waals surface area contributed by atoms with E-state index in [-0.39, 0.29) is 5.91 Å². The van der Waals surface area contributed by atoms with Gasteiger partial charge in [-0.3, -0.25) is 4.79 Å². The lowest BCUT2D eigenvalue weighted by atomic mass is 9.97. The molecule has 0 saturated heterocycles. The SMILES string of the molecule is CCC(C)c1cc(NC(C)=O)ccc1O. The Balaban J connectivity index is 2.99. The summed E-state index contributed by atoms with van der Waals surface area (Å²) in [5.74, 6) is 0.480. The summed E-state index contributed by atoms with van der Waals surface area (Å²) in [5, 5.41) is 12.4. The topological polar surface area (TPSA) is 49.3 Å². The maximum Gasteiger partial charge on any atom is 0.221 e. The van der Waals surface area contributed by atoms with Gasteiger partial charge in [0.25, 0.3) is 0 Å². The molecule has 3 heteroatoms. The van der Waals surface area contributed by atoms with Crippen LogP contribution in [0.5, 0.6) is 5.75 Å². The van der Waals surface area contributed by atoms with E-state index in [1.165, 1.54) is 6.92 Å². The maximum atomic E-state index is 10.9. The summed E-state index contributed by atoms with van der Waals surface area (Å²) in [4.78, 5) is 10.9. The molecule has 1 amide bonds. The molecule has 0 fully saturated rings. The van der Waals surface area contributed by atoms with Gasteiger partial charge < -0.3 is 10.4 Å². The number of amides is 1. The van der Waals surface area contributed by atoms with Crippen molar-refractivity contribution < 1.29 is 9.90 Å². The average molecular weight is 207 g/mol. The predicted molar refractivity (Wildman–Crippen MR) is 61.1 cm³/mol. The van der Waals surface area contributed by atoms with Crippen molar-refractivity contribution in [2.75, 3.05) is 5.32 Å². The molecule has 0 aliphatic rings. The Hall–Kier alpha value is -1.51. The number of hydrogen-bond donors (Lipinski definition) is 2. The number of phenolic OH excluding ortho intramolecular Hbond substituents is 1. The monoisotopic (exact) mass is 207 g/mol. The third-order valence-electron chi connectivity index (χ3n) is 2.49. The zero-order valence-electron chi connectivity index (χ0n) is 9.37. The molecule has 1 atom stereocenters. The van der Waals surface area contributed by atoms with Crippen molar-refractivity contribution in [1.29, 1.82) is 0 Å². The summed E-state index contributed by atoms with van der Waals surface area (Å²) in [5.41, 5.74) is 1.61. The van der Waals surface area contributed by atoms with Crippen molar-refractivity contribution in [2.24, 2.45) is 0 Å². The zero-order valence-corrected chi connectivity index (χ0v) is 9.37. The van der Waals surface area contributed by atoms with Crippen molar-refractivity contribution in [1.82, 2.24) is 0 Å². The molecule has 2 N–H and O–H groups in total. The molecule has 82 valence electrons. The van der Waals surface area contributed by atoms with Gasteiger partial charge in [0.2, 0.25) is 5.91 Å². The van der Waals surface area contributed by atoms with E-state index in [1.807, 2.05) is 13.0 Å². The van der Waals surface area contributed by atoms with Gasteiger partial charge in [-0.15, -0.1) is 0 Å². The third kappa shape index (κ3) is 2.98. The molecular weight excluding hydrogens is 190 g/mol. The van der Waals surface area contributed by atoms with Crippen LogP contribution in [0.2, 0.25) is 0 Å². The fourth-order valence-corrected chi connectivity index (χ4v) is 1.45. The molecule has 1 aromatic carbocycles. The predicted octanol–water partition coefficient (Wildman–Crippen LogP) is 2.86. The second-order valence-electron chi connectivity index (χ2n) is 3.76. The zero-order chi connectivity index (χ0) is 11.4. The molecule has 0 bridgehead atoms. The molecule has 1 aromatic rings. The van der Waals surface area contributed by atoms with Crippen LogP contribution in [0.15, 0.2) is 18.2 Å². The lowest BCUT2D eigenvalue weighted by Crippen LogP contribution is -2.06. The van der Waals surface area contributed by atoms with E-state index >= 15 is 0 Å². The van der Waals surface area contributed by atoms with Crippen LogP contribution in [0.3, 0.4) is 0 Å². The quantitative estimate of drug-likeness (QED) is 0.749. The van der Waals surface area contributed by atoms with E-state index in [4.69, 9.17) is 0 Å². The minimum atomic E-state index is -0.101. The van der Waals surface area contributed by atoms with Crippen molar-refractivity contribution in [3.8, 4) is 5.75 Å². The number of phenols is 1. The maximum absolute atomic E-state index is 10.9. The molecule has 1 rings (SSSR count). The lowest BCUT2D eigenvalue weighted by molar-refractivity contribution is -0.114. The molecule has 0 aliphatic carbocycles. The number of benzene rings is 1. The van der Waals surface area contributed by atoms with Crippen molar-refractivity contribution in [2.45, 2.75) is 33.1 Å². The van der Waals surface area contributed by atoms with Gasteiger partial charge in [-0.2, -0.15) is 0 Å². The average Bonchev–Trinajstić information content (AvgIpc) is 2.19. The first kappa shape index (κ1) is 11.6. The normalized spacial score (nSPS) is 12.2. The van der Waals surface area contributed by atoms with Crippen molar-refractivity contribution >= 4 is 11.6 Å². The Morgan fingerprint density at radius 2 is 2.20 bits per heavy atom. The van der Waals surface area contributed by atoms with Gasteiger partial charge in [0.05, 0.1) is 0 Å². The highest BCUT2D eigenvalue weighted by Gasteiger charge is 2.09. The first-order valence-corrected chi connectivity index (χ1v) is 5.15. The molecule has 15 heavy (non-hydrogen) atoms. The second kappa shape index (κ2) is 4.82. The van der Waals surface area contributed by atoms with E-state index in [2.05, 4.69) is 12.2 Å². The minimum absolute atomic E-state index is 0.101. The van der Waals surface area contributed by atoms with E-state index in [9.17, 15) is 9.90 Å². The van der Waals surface area contributed by atoms with Crippen molar-refractivity contribution in [3.05, 3.63) is 23.8 Å². The molecule has 0 spiro atoms. The summed E-state index contributed by atoms with van der Waals surface area (Å²) >= 11 is 0. The number of anilines is 1. The minimum Gasteiger partial charge on any atom is -0.508 e. The van der Waals surface area contributed by atoms with E-state index in [0.717, 1.165) is 17.7 Å². The summed E-state index contributed by atoms with van der Waals surface area (Å²) in [6, 6.07) is 5.14. The Labute approximate surface area is 90.1 Å². The fraction of sp³-hybridized carbons (Fsp3) is 0.417. The smallest absolute Gasteiger partial charge is 0.221 e. The van der Waals surface area contributed by atoms with Crippen LogP contribution < -0.4 is 5.32 Å². The van der Waals surface area contributed by atoms with Crippen LogP contribution in [-0.4, -0.2) is 11.0 Å². The highest BCUT2D eigenvalue weighted by molar-refractivity contribution is 5.88. The standard InChI is InChI=1S/C12H17NO2/c1-4-8(2)11-7-10(13-9(3)14)5-6-12(11)15/h5-8,15H,4H2,1-3H3,(H,13,14). The number of hydrogen-bond acceptors (Lipinski definition) is 2. The van der Waals surface area contributed by atoms with Crippen LogP contribution in [0.25, 0.3) is 0 Å². The number of aromatic hydroxyl groups is 1. The summed E-state index contributed by atoms with van der Waals surface area (Å²) in [7, 11) is 0. The van der Waals surface area contributed by atoms with Crippen LogP contribution in [0, 0.1) is 0 Å².